The van der Waals surface area contributed by atoms with Gasteiger partial charge >= 0.3 is 0 Å². The zero-order valence-electron chi connectivity index (χ0n) is 14.2. The van der Waals surface area contributed by atoms with Crippen molar-refractivity contribution in [2.45, 2.75) is 57.2 Å². The van der Waals surface area contributed by atoms with Gasteiger partial charge in [-0.1, -0.05) is 34.5 Å². The van der Waals surface area contributed by atoms with E-state index in [1.807, 2.05) is 31.2 Å². The maximum absolute atomic E-state index is 12.8. The van der Waals surface area contributed by atoms with Crippen LogP contribution in [0.25, 0.3) is 0 Å². The van der Waals surface area contributed by atoms with E-state index in [4.69, 9.17) is 10.5 Å². The number of carbonyl (C=O) groups is 1. The average molecular weight is 418 g/mol. The van der Waals surface area contributed by atoms with Crippen molar-refractivity contribution in [3.63, 3.8) is 0 Å². The first-order valence-corrected chi connectivity index (χ1v) is 9.17. The molecular formula is C18H26BrClN2O2. The van der Waals surface area contributed by atoms with E-state index in [1.165, 1.54) is 6.42 Å². The molecule has 1 amide bonds. The summed E-state index contributed by atoms with van der Waals surface area (Å²) in [7, 11) is 0. The maximum atomic E-state index is 12.8. The highest BCUT2D eigenvalue weighted by Gasteiger charge is 2.59. The fraction of sp³-hybridized carbons (Fsp3) is 0.611. The molecule has 0 radical (unpaired) electrons. The van der Waals surface area contributed by atoms with E-state index in [9.17, 15) is 4.79 Å². The van der Waals surface area contributed by atoms with Crippen molar-refractivity contribution in [2.24, 2.45) is 11.1 Å². The van der Waals surface area contributed by atoms with Crippen LogP contribution in [0.2, 0.25) is 0 Å². The van der Waals surface area contributed by atoms with Crippen LogP contribution < -0.4 is 11.1 Å². The maximum Gasteiger partial charge on any atom is 0.244 e. The van der Waals surface area contributed by atoms with Crippen LogP contribution >= 0.6 is 28.3 Å². The lowest BCUT2D eigenvalue weighted by Gasteiger charge is -2.61. The van der Waals surface area contributed by atoms with Gasteiger partial charge in [0.1, 0.15) is 5.54 Å². The van der Waals surface area contributed by atoms with E-state index in [0.29, 0.717) is 6.10 Å². The van der Waals surface area contributed by atoms with Crippen LogP contribution in [-0.4, -0.2) is 24.7 Å². The largest absolute Gasteiger partial charge is 0.378 e. The zero-order chi connectivity index (χ0) is 16.7. The molecule has 6 heteroatoms. The van der Waals surface area contributed by atoms with Gasteiger partial charge in [0.05, 0.1) is 6.10 Å². The molecule has 2 saturated carbocycles. The van der Waals surface area contributed by atoms with E-state index in [0.717, 1.165) is 35.9 Å². The van der Waals surface area contributed by atoms with Crippen molar-refractivity contribution in [1.82, 2.24) is 5.32 Å². The van der Waals surface area contributed by atoms with Crippen LogP contribution in [-0.2, 0) is 15.1 Å². The molecule has 2 fully saturated rings. The number of nitrogens with one attached hydrogen (secondary N) is 1. The van der Waals surface area contributed by atoms with Gasteiger partial charge in [-0.3, -0.25) is 4.79 Å². The van der Waals surface area contributed by atoms with Gasteiger partial charge in [0.15, 0.2) is 0 Å². The molecule has 4 nitrogen and oxygen atoms in total. The highest BCUT2D eigenvalue weighted by atomic mass is 79.9. The Hall–Kier alpha value is -0.620. The van der Waals surface area contributed by atoms with Crippen LogP contribution in [0.1, 0.15) is 45.1 Å². The van der Waals surface area contributed by atoms with Crippen LogP contribution in [0.3, 0.4) is 0 Å². The predicted octanol–water partition coefficient (Wildman–Crippen LogP) is 3.51. The molecule has 0 heterocycles. The van der Waals surface area contributed by atoms with E-state index < -0.39 is 5.54 Å². The van der Waals surface area contributed by atoms with Gasteiger partial charge in [0.25, 0.3) is 0 Å². The smallest absolute Gasteiger partial charge is 0.244 e. The zero-order valence-corrected chi connectivity index (χ0v) is 16.6. The van der Waals surface area contributed by atoms with Gasteiger partial charge in [-0.2, -0.15) is 0 Å². The number of halogens is 2. The number of ether oxygens (including phenoxy) is 1. The second-order valence-electron chi connectivity index (χ2n) is 7.00. The second kappa shape index (κ2) is 7.32. The predicted molar refractivity (Wildman–Crippen MR) is 101 cm³/mol. The number of amides is 1. The van der Waals surface area contributed by atoms with Gasteiger partial charge in [-0.15, -0.1) is 12.4 Å². The fourth-order valence-electron chi connectivity index (χ4n) is 3.88. The molecule has 1 aromatic carbocycles. The average Bonchev–Trinajstić information content (AvgIpc) is 2.44. The summed E-state index contributed by atoms with van der Waals surface area (Å²) in [5.41, 5.74) is 6.29. The summed E-state index contributed by atoms with van der Waals surface area (Å²) >= 11 is 3.41. The fourth-order valence-corrected chi connectivity index (χ4v) is 4.14. The summed E-state index contributed by atoms with van der Waals surface area (Å²) in [6.07, 6.45) is 4.70. The van der Waals surface area contributed by atoms with E-state index in [1.54, 1.807) is 6.92 Å². The Morgan fingerprint density at radius 2 is 2.04 bits per heavy atom. The lowest BCUT2D eigenvalue weighted by molar-refractivity contribution is -0.177. The highest BCUT2D eigenvalue weighted by Crippen LogP contribution is 2.57. The van der Waals surface area contributed by atoms with E-state index >= 15 is 0 Å². The lowest BCUT2D eigenvalue weighted by atomic mass is 9.51. The van der Waals surface area contributed by atoms with Crippen LogP contribution in [0.4, 0.5) is 0 Å². The van der Waals surface area contributed by atoms with Crippen LogP contribution in [0.5, 0.6) is 0 Å². The van der Waals surface area contributed by atoms with Gasteiger partial charge in [0, 0.05) is 22.5 Å². The molecule has 0 bridgehead atoms. The number of nitrogens with two attached hydrogens (primary N) is 1. The molecule has 3 N–H and O–H groups in total. The highest BCUT2D eigenvalue weighted by molar-refractivity contribution is 9.10. The standard InChI is InChI=1S/C18H25BrN2O2.ClH/c1-3-23-15-11-14(18(15)9-4-10-18)21-16(22)17(2,20)12-5-7-13(19)8-6-12;/h5-8,14-15H,3-4,9-11,20H2,1-2H3,(H,21,22);1H. The molecule has 1 spiro atoms. The van der Waals surface area contributed by atoms with Gasteiger partial charge in [0.2, 0.25) is 5.91 Å². The van der Waals surface area contributed by atoms with Gasteiger partial charge < -0.3 is 15.8 Å². The number of rotatable bonds is 5. The number of hydrogen-bond donors (Lipinski definition) is 2. The third-order valence-electron chi connectivity index (χ3n) is 5.66. The minimum atomic E-state index is -1.03. The first kappa shape index (κ1) is 19.7. The Bertz CT molecular complexity index is 587. The molecule has 0 aromatic heterocycles. The molecule has 2 aliphatic rings. The van der Waals surface area contributed by atoms with Crippen molar-refractivity contribution in [2.75, 3.05) is 6.61 Å². The summed E-state index contributed by atoms with van der Waals surface area (Å²) in [6.45, 7) is 4.54. The Labute approximate surface area is 158 Å². The Morgan fingerprint density at radius 1 is 1.42 bits per heavy atom. The van der Waals surface area contributed by atoms with Crippen LogP contribution in [0.15, 0.2) is 28.7 Å². The molecule has 3 rings (SSSR count). The Kier molecular flexibility index (Phi) is 6.01. The summed E-state index contributed by atoms with van der Waals surface area (Å²) in [6, 6.07) is 7.81. The molecular weight excluding hydrogens is 392 g/mol. The minimum Gasteiger partial charge on any atom is -0.378 e. The van der Waals surface area contributed by atoms with Gasteiger partial charge in [-0.25, -0.2) is 0 Å². The lowest BCUT2D eigenvalue weighted by Crippen LogP contribution is -2.69. The van der Waals surface area contributed by atoms with Crippen molar-refractivity contribution < 1.29 is 9.53 Å². The molecule has 3 unspecified atom stereocenters. The minimum absolute atomic E-state index is 0. The van der Waals surface area contributed by atoms with Crippen molar-refractivity contribution in [3.05, 3.63) is 34.3 Å². The van der Waals surface area contributed by atoms with Crippen molar-refractivity contribution in [1.29, 1.82) is 0 Å². The Balaban J connectivity index is 0.00000208. The molecule has 0 saturated heterocycles. The van der Waals surface area contributed by atoms with E-state index in [2.05, 4.69) is 21.2 Å². The van der Waals surface area contributed by atoms with Crippen LogP contribution in [0, 0.1) is 5.41 Å². The third kappa shape index (κ3) is 3.24. The number of carbonyl (C=O) groups excluding carboxylic acids is 1. The van der Waals surface area contributed by atoms with E-state index in [-0.39, 0.29) is 29.8 Å². The van der Waals surface area contributed by atoms with Gasteiger partial charge in [-0.05, 0) is 50.8 Å². The quantitative estimate of drug-likeness (QED) is 0.770. The second-order valence-corrected chi connectivity index (χ2v) is 7.92. The summed E-state index contributed by atoms with van der Waals surface area (Å²) in [5.74, 6) is -0.106. The molecule has 2 aliphatic carbocycles. The normalized spacial score (nSPS) is 26.5. The number of benzene rings is 1. The topological polar surface area (TPSA) is 64.3 Å². The van der Waals surface area contributed by atoms with Crippen molar-refractivity contribution >= 4 is 34.2 Å². The monoisotopic (exact) mass is 416 g/mol. The molecule has 0 aliphatic heterocycles. The number of hydrogen-bond acceptors (Lipinski definition) is 3. The first-order chi connectivity index (χ1) is 10.9. The molecule has 24 heavy (non-hydrogen) atoms. The SMILES string of the molecule is CCOC1CC(NC(=O)C(C)(N)c2ccc(Br)cc2)C12CCC2.Cl. The summed E-state index contributed by atoms with van der Waals surface area (Å²) in [5, 5.41) is 3.20. The Morgan fingerprint density at radius 3 is 2.54 bits per heavy atom. The molecule has 3 atom stereocenters. The first-order valence-electron chi connectivity index (χ1n) is 8.37. The van der Waals surface area contributed by atoms with Crippen molar-refractivity contribution in [3.8, 4) is 0 Å². The third-order valence-corrected chi connectivity index (χ3v) is 6.19. The molecule has 1 aromatic rings. The summed E-state index contributed by atoms with van der Waals surface area (Å²) in [4.78, 5) is 12.8. The molecule has 134 valence electrons. The summed E-state index contributed by atoms with van der Waals surface area (Å²) < 4.78 is 6.82.